The summed E-state index contributed by atoms with van der Waals surface area (Å²) in [6, 6.07) is 8.18. The lowest BCUT2D eigenvalue weighted by molar-refractivity contribution is 0.185. The monoisotopic (exact) mass is 271 g/mol. The van der Waals surface area contributed by atoms with Crippen molar-refractivity contribution in [3.8, 4) is 11.3 Å². The predicted octanol–water partition coefficient (Wildman–Crippen LogP) is 2.86. The first-order chi connectivity index (χ1) is 9.70. The van der Waals surface area contributed by atoms with E-state index in [4.69, 9.17) is 15.5 Å². The summed E-state index contributed by atoms with van der Waals surface area (Å²) < 4.78 is 7.45. The van der Waals surface area contributed by atoms with Crippen LogP contribution in [0.15, 0.2) is 24.3 Å². The Morgan fingerprint density at radius 1 is 1.40 bits per heavy atom. The number of ether oxygens (including phenoxy) is 1. The number of methoxy groups -OCH3 is 1. The van der Waals surface area contributed by atoms with Gasteiger partial charge in [-0.1, -0.05) is 31.2 Å². The first-order valence-electron chi connectivity index (χ1n) is 7.12. The molecule has 2 heterocycles. The van der Waals surface area contributed by atoms with Crippen LogP contribution in [0, 0.1) is 5.92 Å². The Morgan fingerprint density at radius 3 is 3.00 bits per heavy atom. The van der Waals surface area contributed by atoms with Crippen LogP contribution in [-0.2, 0) is 24.3 Å². The Kier molecular flexibility index (Phi) is 3.49. The first-order valence-corrected chi connectivity index (χ1v) is 7.12. The van der Waals surface area contributed by atoms with Crippen molar-refractivity contribution < 1.29 is 4.74 Å². The van der Waals surface area contributed by atoms with E-state index >= 15 is 0 Å². The summed E-state index contributed by atoms with van der Waals surface area (Å²) in [6.45, 7) is 3.82. The van der Waals surface area contributed by atoms with Gasteiger partial charge in [0.25, 0.3) is 0 Å². The molecule has 1 atom stereocenters. The first kappa shape index (κ1) is 13.2. The van der Waals surface area contributed by atoms with Crippen LogP contribution < -0.4 is 5.73 Å². The zero-order chi connectivity index (χ0) is 14.1. The number of nitrogen functional groups attached to an aromatic ring is 1. The number of imidazole rings is 1. The highest BCUT2D eigenvalue weighted by molar-refractivity contribution is 5.73. The fraction of sp³-hybridized carbons (Fsp3) is 0.438. The zero-order valence-corrected chi connectivity index (χ0v) is 12.1. The maximum Gasteiger partial charge on any atom is 0.131 e. The predicted molar refractivity (Wildman–Crippen MR) is 80.3 cm³/mol. The van der Waals surface area contributed by atoms with Crippen molar-refractivity contribution in [2.24, 2.45) is 5.92 Å². The molecule has 0 amide bonds. The molecular formula is C16H21N3O. The third-order valence-electron chi connectivity index (χ3n) is 4.01. The third kappa shape index (κ3) is 2.20. The van der Waals surface area contributed by atoms with Gasteiger partial charge < -0.3 is 15.0 Å². The highest BCUT2D eigenvalue weighted by Gasteiger charge is 2.22. The third-order valence-corrected chi connectivity index (χ3v) is 4.01. The molecule has 0 bridgehead atoms. The highest BCUT2D eigenvalue weighted by atomic mass is 16.5. The molecule has 0 radical (unpaired) electrons. The Hall–Kier alpha value is -1.81. The SMILES string of the molecule is COCc1ccccc1-c1nc2n(c1N)CC(C)CC2. The fourth-order valence-electron chi connectivity index (χ4n) is 2.92. The van der Waals surface area contributed by atoms with E-state index in [1.54, 1.807) is 7.11 Å². The highest BCUT2D eigenvalue weighted by Crippen LogP contribution is 2.32. The van der Waals surface area contributed by atoms with Crippen molar-refractivity contribution in [3.63, 3.8) is 0 Å². The van der Waals surface area contributed by atoms with Gasteiger partial charge in [0.15, 0.2) is 0 Å². The number of nitrogens with zero attached hydrogens (tertiary/aromatic N) is 2. The summed E-state index contributed by atoms with van der Waals surface area (Å²) >= 11 is 0. The smallest absolute Gasteiger partial charge is 0.131 e. The van der Waals surface area contributed by atoms with E-state index < -0.39 is 0 Å². The van der Waals surface area contributed by atoms with Gasteiger partial charge in [-0.15, -0.1) is 0 Å². The molecule has 106 valence electrons. The van der Waals surface area contributed by atoms with Crippen LogP contribution >= 0.6 is 0 Å². The number of anilines is 1. The van der Waals surface area contributed by atoms with Gasteiger partial charge in [0.05, 0.1) is 6.61 Å². The molecule has 4 nitrogen and oxygen atoms in total. The molecule has 1 aliphatic heterocycles. The summed E-state index contributed by atoms with van der Waals surface area (Å²) in [7, 11) is 1.71. The van der Waals surface area contributed by atoms with Crippen molar-refractivity contribution >= 4 is 5.82 Å². The Bertz CT molecular complexity index is 618. The van der Waals surface area contributed by atoms with Crippen molar-refractivity contribution in [2.45, 2.75) is 32.9 Å². The molecule has 0 saturated carbocycles. The number of aromatic nitrogens is 2. The van der Waals surface area contributed by atoms with Gasteiger partial charge in [0, 0.05) is 25.6 Å². The van der Waals surface area contributed by atoms with Crippen LogP contribution in [0.4, 0.5) is 5.82 Å². The number of rotatable bonds is 3. The molecular weight excluding hydrogens is 250 g/mol. The van der Waals surface area contributed by atoms with Gasteiger partial charge in [0.2, 0.25) is 0 Å². The van der Waals surface area contributed by atoms with Crippen LogP contribution in [0.1, 0.15) is 24.7 Å². The largest absolute Gasteiger partial charge is 0.383 e. The average molecular weight is 271 g/mol. The Morgan fingerprint density at radius 2 is 2.20 bits per heavy atom. The van der Waals surface area contributed by atoms with E-state index in [-0.39, 0.29) is 0 Å². The van der Waals surface area contributed by atoms with Crippen LogP contribution in [-0.4, -0.2) is 16.7 Å². The molecule has 0 aliphatic carbocycles. The Labute approximate surface area is 119 Å². The summed E-state index contributed by atoms with van der Waals surface area (Å²) in [4.78, 5) is 4.78. The van der Waals surface area contributed by atoms with E-state index in [0.717, 1.165) is 41.4 Å². The van der Waals surface area contributed by atoms with E-state index in [1.807, 2.05) is 12.1 Å². The molecule has 20 heavy (non-hydrogen) atoms. The lowest BCUT2D eigenvalue weighted by atomic mass is 10.0. The molecule has 2 N–H and O–H groups in total. The number of aryl methyl sites for hydroxylation is 1. The van der Waals surface area contributed by atoms with Gasteiger partial charge in [-0.05, 0) is 17.9 Å². The van der Waals surface area contributed by atoms with Gasteiger partial charge in [-0.25, -0.2) is 4.98 Å². The van der Waals surface area contributed by atoms with E-state index in [9.17, 15) is 0 Å². The average Bonchev–Trinajstić information content (AvgIpc) is 2.77. The van der Waals surface area contributed by atoms with Crippen LogP contribution in [0.25, 0.3) is 11.3 Å². The summed E-state index contributed by atoms with van der Waals surface area (Å²) in [6.07, 6.45) is 2.20. The van der Waals surface area contributed by atoms with Crippen molar-refractivity contribution in [3.05, 3.63) is 35.7 Å². The quantitative estimate of drug-likeness (QED) is 0.934. The van der Waals surface area contributed by atoms with Crippen molar-refractivity contribution in [2.75, 3.05) is 12.8 Å². The molecule has 0 fully saturated rings. The minimum atomic E-state index is 0.578. The normalized spacial score (nSPS) is 18.0. The summed E-state index contributed by atoms with van der Waals surface area (Å²) in [5, 5.41) is 0. The fourth-order valence-corrected chi connectivity index (χ4v) is 2.92. The van der Waals surface area contributed by atoms with Crippen molar-refractivity contribution in [1.29, 1.82) is 0 Å². The molecule has 0 spiro atoms. The molecule has 0 saturated heterocycles. The van der Waals surface area contributed by atoms with Gasteiger partial charge in [-0.3, -0.25) is 0 Å². The molecule has 4 heteroatoms. The number of hydrogen-bond donors (Lipinski definition) is 1. The topological polar surface area (TPSA) is 53.1 Å². The maximum absolute atomic E-state index is 6.34. The van der Waals surface area contributed by atoms with Gasteiger partial charge >= 0.3 is 0 Å². The zero-order valence-electron chi connectivity index (χ0n) is 12.1. The molecule has 1 unspecified atom stereocenters. The van der Waals surface area contributed by atoms with Crippen LogP contribution in [0.5, 0.6) is 0 Å². The van der Waals surface area contributed by atoms with Crippen molar-refractivity contribution in [1.82, 2.24) is 9.55 Å². The summed E-state index contributed by atoms with van der Waals surface area (Å²) in [5.41, 5.74) is 9.46. The molecule has 2 aromatic rings. The number of benzene rings is 1. The van der Waals surface area contributed by atoms with Crippen LogP contribution in [0.3, 0.4) is 0 Å². The lowest BCUT2D eigenvalue weighted by Gasteiger charge is -2.20. The molecule has 1 aliphatic rings. The maximum atomic E-state index is 6.34. The Balaban J connectivity index is 2.07. The standard InChI is InChI=1S/C16H21N3O/c1-11-7-8-14-18-15(16(17)19(14)9-11)13-6-4-3-5-12(13)10-20-2/h3-6,11H,7-10,17H2,1-2H3. The van der Waals surface area contributed by atoms with Gasteiger partial charge in [-0.2, -0.15) is 0 Å². The summed E-state index contributed by atoms with van der Waals surface area (Å²) in [5.74, 6) is 2.57. The lowest BCUT2D eigenvalue weighted by Crippen LogP contribution is -2.19. The molecule has 1 aromatic carbocycles. The van der Waals surface area contributed by atoms with Gasteiger partial charge in [0.1, 0.15) is 17.3 Å². The second-order valence-electron chi connectivity index (χ2n) is 5.61. The van der Waals surface area contributed by atoms with E-state index in [2.05, 4.69) is 23.6 Å². The van der Waals surface area contributed by atoms with Crippen LogP contribution in [0.2, 0.25) is 0 Å². The minimum Gasteiger partial charge on any atom is -0.383 e. The minimum absolute atomic E-state index is 0.578. The molecule has 3 rings (SSSR count). The second kappa shape index (κ2) is 5.29. The number of fused-ring (bicyclic) bond motifs is 1. The second-order valence-corrected chi connectivity index (χ2v) is 5.61. The number of hydrogen-bond acceptors (Lipinski definition) is 3. The molecule has 1 aromatic heterocycles. The number of nitrogens with two attached hydrogens (primary N) is 1. The van der Waals surface area contributed by atoms with E-state index in [0.29, 0.717) is 12.5 Å². The van der Waals surface area contributed by atoms with E-state index in [1.165, 1.54) is 6.42 Å².